The maximum Gasteiger partial charge on any atom is 0.232 e. The van der Waals surface area contributed by atoms with Crippen LogP contribution < -0.4 is 0 Å². The molecular formula is C16H21ClN2O. The van der Waals surface area contributed by atoms with Gasteiger partial charge in [-0.25, -0.2) is 0 Å². The lowest BCUT2D eigenvalue weighted by Gasteiger charge is -2.30. The van der Waals surface area contributed by atoms with Gasteiger partial charge in [0, 0.05) is 35.2 Å². The first-order chi connectivity index (χ1) is 9.41. The Morgan fingerprint density at radius 2 is 1.95 bits per heavy atom. The van der Waals surface area contributed by atoms with E-state index in [4.69, 9.17) is 11.6 Å². The van der Waals surface area contributed by atoms with Crippen LogP contribution in [0.25, 0.3) is 10.9 Å². The number of hydrogen-bond donors (Lipinski definition) is 1. The van der Waals surface area contributed by atoms with Crippen molar-refractivity contribution in [2.75, 3.05) is 13.1 Å². The number of carbonyl (C=O) groups excluding carboxylic acids is 1. The van der Waals surface area contributed by atoms with Crippen molar-refractivity contribution in [1.29, 1.82) is 0 Å². The SMILES string of the molecule is CCN(CC)C(=O)C(C)(C)c1c[nH]c2ccc(Cl)cc12. The summed E-state index contributed by atoms with van der Waals surface area (Å²) in [4.78, 5) is 17.8. The van der Waals surface area contributed by atoms with Gasteiger partial charge in [0.05, 0.1) is 5.41 Å². The van der Waals surface area contributed by atoms with E-state index in [0.29, 0.717) is 5.02 Å². The van der Waals surface area contributed by atoms with Gasteiger partial charge in [-0.1, -0.05) is 11.6 Å². The van der Waals surface area contributed by atoms with Crippen LogP contribution in [0, 0.1) is 0 Å². The van der Waals surface area contributed by atoms with Crippen molar-refractivity contribution in [2.45, 2.75) is 33.1 Å². The summed E-state index contributed by atoms with van der Waals surface area (Å²) in [5, 5.41) is 1.70. The highest BCUT2D eigenvalue weighted by molar-refractivity contribution is 6.31. The molecule has 0 saturated heterocycles. The van der Waals surface area contributed by atoms with E-state index < -0.39 is 5.41 Å². The lowest BCUT2D eigenvalue weighted by atomic mass is 9.83. The molecule has 0 atom stereocenters. The third-order valence-corrected chi connectivity index (χ3v) is 4.14. The summed E-state index contributed by atoms with van der Waals surface area (Å²) in [5.41, 5.74) is 1.42. The summed E-state index contributed by atoms with van der Waals surface area (Å²) in [6, 6.07) is 5.71. The fraction of sp³-hybridized carbons (Fsp3) is 0.438. The molecule has 1 heterocycles. The molecule has 108 valence electrons. The van der Waals surface area contributed by atoms with Crippen molar-refractivity contribution in [2.24, 2.45) is 0 Å². The molecule has 0 aliphatic rings. The highest BCUT2D eigenvalue weighted by Gasteiger charge is 2.34. The van der Waals surface area contributed by atoms with Crippen molar-refractivity contribution in [3.8, 4) is 0 Å². The summed E-state index contributed by atoms with van der Waals surface area (Å²) < 4.78 is 0. The van der Waals surface area contributed by atoms with Gasteiger partial charge >= 0.3 is 0 Å². The highest BCUT2D eigenvalue weighted by Crippen LogP contribution is 2.33. The number of H-pyrrole nitrogens is 1. The van der Waals surface area contributed by atoms with Crippen molar-refractivity contribution in [3.63, 3.8) is 0 Å². The molecule has 0 radical (unpaired) electrons. The third kappa shape index (κ3) is 2.42. The second-order valence-electron chi connectivity index (χ2n) is 5.49. The van der Waals surface area contributed by atoms with E-state index in [1.54, 1.807) is 0 Å². The van der Waals surface area contributed by atoms with Crippen molar-refractivity contribution < 1.29 is 4.79 Å². The van der Waals surface area contributed by atoms with Gasteiger partial charge in [-0.3, -0.25) is 4.79 Å². The van der Waals surface area contributed by atoms with Crippen LogP contribution in [0.2, 0.25) is 5.02 Å². The van der Waals surface area contributed by atoms with E-state index in [1.807, 2.05) is 57.0 Å². The smallest absolute Gasteiger partial charge is 0.232 e. The molecule has 0 spiro atoms. The van der Waals surface area contributed by atoms with E-state index in [2.05, 4.69) is 4.98 Å². The lowest BCUT2D eigenvalue weighted by molar-refractivity contribution is -0.135. The van der Waals surface area contributed by atoms with Crippen LogP contribution in [0.3, 0.4) is 0 Å². The molecule has 1 aromatic carbocycles. The van der Waals surface area contributed by atoms with E-state index >= 15 is 0 Å². The number of benzene rings is 1. The van der Waals surface area contributed by atoms with E-state index in [0.717, 1.165) is 29.6 Å². The molecule has 2 aromatic rings. The quantitative estimate of drug-likeness (QED) is 0.909. The second kappa shape index (κ2) is 5.49. The number of likely N-dealkylation sites (N-methyl/N-ethyl adjacent to an activating group) is 1. The van der Waals surface area contributed by atoms with Crippen molar-refractivity contribution in [1.82, 2.24) is 9.88 Å². The minimum Gasteiger partial charge on any atom is -0.361 e. The number of carbonyl (C=O) groups is 1. The number of nitrogens with zero attached hydrogens (tertiary/aromatic N) is 1. The fourth-order valence-electron chi connectivity index (χ4n) is 2.63. The molecule has 1 amide bonds. The number of fused-ring (bicyclic) bond motifs is 1. The first-order valence-electron chi connectivity index (χ1n) is 6.98. The van der Waals surface area contributed by atoms with Crippen LogP contribution in [0.5, 0.6) is 0 Å². The second-order valence-corrected chi connectivity index (χ2v) is 5.93. The first kappa shape index (κ1) is 14.9. The number of hydrogen-bond acceptors (Lipinski definition) is 1. The molecule has 1 aromatic heterocycles. The molecular weight excluding hydrogens is 272 g/mol. The van der Waals surface area contributed by atoms with Crippen LogP contribution >= 0.6 is 11.6 Å². The van der Waals surface area contributed by atoms with Crippen LogP contribution in [-0.4, -0.2) is 28.9 Å². The molecule has 0 unspecified atom stereocenters. The zero-order chi connectivity index (χ0) is 14.9. The summed E-state index contributed by atoms with van der Waals surface area (Å²) in [6.07, 6.45) is 1.92. The molecule has 0 aliphatic heterocycles. The monoisotopic (exact) mass is 292 g/mol. The Morgan fingerprint density at radius 1 is 1.30 bits per heavy atom. The van der Waals surface area contributed by atoms with Gasteiger partial charge in [0.2, 0.25) is 5.91 Å². The minimum atomic E-state index is -0.574. The maximum absolute atomic E-state index is 12.7. The first-order valence-corrected chi connectivity index (χ1v) is 7.36. The van der Waals surface area contributed by atoms with Gasteiger partial charge in [0.1, 0.15) is 0 Å². The average molecular weight is 293 g/mol. The Morgan fingerprint density at radius 3 is 2.55 bits per heavy atom. The molecule has 0 bridgehead atoms. The Hall–Kier alpha value is -1.48. The van der Waals surface area contributed by atoms with E-state index in [9.17, 15) is 4.79 Å². The molecule has 2 rings (SSSR count). The van der Waals surface area contributed by atoms with Crippen LogP contribution in [-0.2, 0) is 10.2 Å². The van der Waals surface area contributed by atoms with E-state index in [-0.39, 0.29) is 5.91 Å². The van der Waals surface area contributed by atoms with Gasteiger partial charge in [-0.2, -0.15) is 0 Å². The molecule has 0 aliphatic carbocycles. The fourth-order valence-corrected chi connectivity index (χ4v) is 2.80. The number of aromatic nitrogens is 1. The molecule has 0 saturated carbocycles. The Balaban J connectivity index is 2.51. The average Bonchev–Trinajstić information content (AvgIpc) is 2.83. The zero-order valence-corrected chi connectivity index (χ0v) is 13.2. The molecule has 4 heteroatoms. The Bertz CT molecular complexity index is 626. The maximum atomic E-state index is 12.7. The largest absolute Gasteiger partial charge is 0.361 e. The number of aromatic amines is 1. The van der Waals surface area contributed by atoms with Crippen LogP contribution in [0.15, 0.2) is 24.4 Å². The van der Waals surface area contributed by atoms with Crippen molar-refractivity contribution in [3.05, 3.63) is 35.0 Å². The summed E-state index contributed by atoms with van der Waals surface area (Å²) in [7, 11) is 0. The van der Waals surface area contributed by atoms with Gasteiger partial charge in [-0.15, -0.1) is 0 Å². The third-order valence-electron chi connectivity index (χ3n) is 3.90. The van der Waals surface area contributed by atoms with E-state index in [1.165, 1.54) is 0 Å². The van der Waals surface area contributed by atoms with Crippen molar-refractivity contribution >= 4 is 28.4 Å². The molecule has 20 heavy (non-hydrogen) atoms. The number of nitrogens with one attached hydrogen (secondary N) is 1. The van der Waals surface area contributed by atoms with Gasteiger partial charge in [0.25, 0.3) is 0 Å². The van der Waals surface area contributed by atoms with Crippen LogP contribution in [0.1, 0.15) is 33.3 Å². The highest BCUT2D eigenvalue weighted by atomic mass is 35.5. The minimum absolute atomic E-state index is 0.142. The Labute approximate surface area is 124 Å². The summed E-state index contributed by atoms with van der Waals surface area (Å²) in [6.45, 7) is 9.39. The number of halogens is 1. The predicted molar refractivity (Wildman–Crippen MR) is 84.3 cm³/mol. The van der Waals surface area contributed by atoms with Gasteiger partial charge in [-0.05, 0) is 51.5 Å². The topological polar surface area (TPSA) is 36.1 Å². The predicted octanol–water partition coefficient (Wildman–Crippen LogP) is 3.97. The number of amides is 1. The molecule has 1 N–H and O–H groups in total. The molecule has 0 fully saturated rings. The zero-order valence-electron chi connectivity index (χ0n) is 12.5. The van der Waals surface area contributed by atoms with Gasteiger partial charge < -0.3 is 9.88 Å². The molecule has 3 nitrogen and oxygen atoms in total. The van der Waals surface area contributed by atoms with Gasteiger partial charge in [0.15, 0.2) is 0 Å². The normalized spacial score (nSPS) is 11.8. The Kier molecular flexibility index (Phi) is 4.09. The van der Waals surface area contributed by atoms with Crippen LogP contribution in [0.4, 0.5) is 0 Å². The standard InChI is InChI=1S/C16H21ClN2O/c1-5-19(6-2)15(20)16(3,4)13-10-18-14-8-7-11(17)9-12(13)14/h7-10,18H,5-6H2,1-4H3. The summed E-state index contributed by atoms with van der Waals surface area (Å²) in [5.74, 6) is 0.142. The summed E-state index contributed by atoms with van der Waals surface area (Å²) >= 11 is 6.09. The lowest BCUT2D eigenvalue weighted by Crippen LogP contribution is -2.43. The number of rotatable bonds is 4.